The Labute approximate surface area is 538 Å². The molecule has 0 saturated carbocycles. The second-order valence-electron chi connectivity index (χ2n) is 24.3. The van der Waals surface area contributed by atoms with Crippen molar-refractivity contribution in [1.82, 2.24) is 14.1 Å². The van der Waals surface area contributed by atoms with E-state index < -0.39 is 5.41 Å². The number of ether oxygens (including phenoxy) is 1. The van der Waals surface area contributed by atoms with Crippen LogP contribution in [0.15, 0.2) is 291 Å². The van der Waals surface area contributed by atoms with Crippen LogP contribution in [0.3, 0.4) is 0 Å². The van der Waals surface area contributed by atoms with E-state index in [1.807, 2.05) is 12.3 Å². The van der Waals surface area contributed by atoms with Gasteiger partial charge < -0.3 is 23.7 Å². The third-order valence-electron chi connectivity index (χ3n) is 18.3. The second kappa shape index (κ2) is 21.7. The van der Waals surface area contributed by atoms with Crippen LogP contribution in [0, 0.1) is 18.8 Å². The second-order valence-corrected chi connectivity index (χ2v) is 24.3. The number of fused-ring (bicyclic) bond motifs is 10. The molecule has 0 atom stereocenters. The van der Waals surface area contributed by atoms with Crippen LogP contribution in [-0.4, -0.2) is 14.1 Å². The molecular weight excluding hydrogens is 1280 g/mol. The molecule has 1 aliphatic carbocycles. The molecule has 0 spiro atoms. The Morgan fingerprint density at radius 3 is 1.53 bits per heavy atom. The first kappa shape index (κ1) is 54.8. The molecule has 7 heteroatoms. The predicted octanol–water partition coefficient (Wildman–Crippen LogP) is 21.1. The van der Waals surface area contributed by atoms with E-state index in [0.717, 1.165) is 100 Å². The van der Waals surface area contributed by atoms with Gasteiger partial charge >= 0.3 is 0 Å². The van der Waals surface area contributed by atoms with Gasteiger partial charge in [-0.1, -0.05) is 233 Å². The summed E-state index contributed by atoms with van der Waals surface area (Å²) < 4.78 is 11.9. The Morgan fingerprint density at radius 1 is 0.422 bits per heavy atom. The van der Waals surface area contributed by atoms with Crippen molar-refractivity contribution in [3.63, 3.8) is 0 Å². The molecule has 0 amide bonds. The first-order valence-electron chi connectivity index (χ1n) is 30.5. The van der Waals surface area contributed by atoms with Crippen LogP contribution < -0.4 is 14.5 Å². The summed E-state index contributed by atoms with van der Waals surface area (Å²) in [6.45, 7) is 8.96. The van der Waals surface area contributed by atoms with E-state index in [-0.39, 0.29) is 26.5 Å². The average Bonchev–Trinajstić information content (AvgIpc) is 1.51. The van der Waals surface area contributed by atoms with Crippen LogP contribution in [0.1, 0.15) is 48.6 Å². The maximum atomic E-state index is 7.40. The molecule has 0 N–H and O–H groups in total. The van der Waals surface area contributed by atoms with E-state index in [1.54, 1.807) is 0 Å². The number of para-hydroxylation sites is 5. The van der Waals surface area contributed by atoms with Gasteiger partial charge in [-0.25, -0.2) is 4.98 Å². The average molecular weight is 1340 g/mol. The number of hydrogen-bond donors (Lipinski definition) is 0. The zero-order chi connectivity index (χ0) is 59.4. The topological polar surface area (TPSA) is 38.5 Å². The fourth-order valence-electron chi connectivity index (χ4n) is 14.3. The zero-order valence-corrected chi connectivity index (χ0v) is 52.0. The van der Waals surface area contributed by atoms with Crippen molar-refractivity contribution in [3.8, 4) is 56.4 Å². The van der Waals surface area contributed by atoms with Gasteiger partial charge in [0.25, 0.3) is 0 Å². The minimum atomic E-state index is -0.644. The molecule has 15 aromatic rings. The van der Waals surface area contributed by atoms with Crippen LogP contribution >= 0.6 is 0 Å². The van der Waals surface area contributed by atoms with Gasteiger partial charge in [-0.15, -0.1) is 48.1 Å². The molecule has 90 heavy (non-hydrogen) atoms. The van der Waals surface area contributed by atoms with Crippen LogP contribution in [0.5, 0.6) is 11.5 Å². The van der Waals surface area contributed by atoms with E-state index in [1.165, 1.54) is 38.9 Å². The molecule has 0 radical (unpaired) electrons. The fourth-order valence-corrected chi connectivity index (χ4v) is 14.3. The third-order valence-corrected chi connectivity index (χ3v) is 18.3. The van der Waals surface area contributed by atoms with E-state index in [0.29, 0.717) is 11.5 Å². The first-order chi connectivity index (χ1) is 43.8. The standard InChI is InChI=1S/C83H58N5O.Pt/c1-82(2,3)58-47-48-84-80(51-58)88-74-40-22-17-35-66(74)67-45-44-61(53-78(67)88)89-79-52-60(43-46-77(79)87-72-38-20-15-33-64(72)65-34-16-21-39-73(65)87)85-54-86(76-42-24-23-41-75(76)85)81-68(55-25-7-4-8-26-55)49-59(50-69(81)56-27-9-5-10-28-56)83(57-29-11-6-12-30-57)70-36-18-13-31-62(70)63-32-14-19-37-71(63)83;/h4-51,54H,1-3H3;/q-3;. The summed E-state index contributed by atoms with van der Waals surface area (Å²) in [5.41, 5.74) is 21.1. The summed E-state index contributed by atoms with van der Waals surface area (Å²) in [6, 6.07) is 111. The fraction of sp³-hybridized carbons (Fsp3) is 0.0602. The number of anilines is 4. The summed E-state index contributed by atoms with van der Waals surface area (Å²) in [6.07, 6.45) is 1.92. The van der Waals surface area contributed by atoms with Crippen molar-refractivity contribution < 1.29 is 25.8 Å². The van der Waals surface area contributed by atoms with Crippen molar-refractivity contribution >= 4 is 66.4 Å². The molecule has 0 bridgehead atoms. The van der Waals surface area contributed by atoms with Gasteiger partial charge in [0.05, 0.1) is 5.41 Å². The van der Waals surface area contributed by atoms with E-state index in [9.17, 15) is 0 Å². The smallest absolute Gasteiger partial charge is 0.135 e. The van der Waals surface area contributed by atoms with Gasteiger partial charge in [0.15, 0.2) is 0 Å². The number of nitrogens with zero attached hydrogens (tertiary/aromatic N) is 5. The molecule has 4 heterocycles. The zero-order valence-electron chi connectivity index (χ0n) is 49.8. The first-order valence-corrected chi connectivity index (χ1v) is 30.5. The van der Waals surface area contributed by atoms with Gasteiger partial charge in [0, 0.05) is 94.3 Å². The molecule has 434 valence electrons. The van der Waals surface area contributed by atoms with Crippen LogP contribution in [0.25, 0.3) is 88.5 Å². The Balaban J connectivity index is 0.00000649. The van der Waals surface area contributed by atoms with Gasteiger partial charge in [-0.05, 0) is 121 Å². The van der Waals surface area contributed by atoms with Gasteiger partial charge in [-0.2, -0.15) is 6.07 Å². The minimum Gasteiger partial charge on any atom is -0.507 e. The van der Waals surface area contributed by atoms with Crippen LogP contribution in [0.2, 0.25) is 0 Å². The normalized spacial score (nSPS) is 13.2. The Kier molecular flexibility index (Phi) is 13.2. The Morgan fingerprint density at radius 2 is 0.933 bits per heavy atom. The van der Waals surface area contributed by atoms with Crippen molar-refractivity contribution in [2.24, 2.45) is 0 Å². The molecule has 1 aliphatic heterocycles. The quantitative estimate of drug-likeness (QED) is 0.128. The van der Waals surface area contributed by atoms with Crippen molar-refractivity contribution in [2.45, 2.75) is 31.6 Å². The van der Waals surface area contributed by atoms with Crippen molar-refractivity contribution in [1.29, 1.82) is 0 Å². The number of pyridine rings is 1. The van der Waals surface area contributed by atoms with Crippen molar-refractivity contribution in [3.05, 3.63) is 338 Å². The molecule has 0 unspecified atom stereocenters. The summed E-state index contributed by atoms with van der Waals surface area (Å²) in [5.74, 6) is 1.93. The summed E-state index contributed by atoms with van der Waals surface area (Å²) in [4.78, 5) is 9.66. The molecule has 0 saturated heterocycles. The maximum absolute atomic E-state index is 7.40. The largest absolute Gasteiger partial charge is 0.507 e. The predicted molar refractivity (Wildman–Crippen MR) is 365 cm³/mol. The SMILES string of the molecule is CC(C)(C)c1ccnc(-n2c3[c-]c(Oc4[c-]c(N5[CH-]N(c6c(-c7ccccc7)cc(C7(c8ccccc8)c8ccccc8-c8ccccc87)cc6-c6ccccc6)c6ccccc65)ccc4-n4c5ccccc5c5ccccc54)ccc3c3ccccc32)c1.[Pt]. The van der Waals surface area contributed by atoms with Crippen molar-refractivity contribution in [2.75, 3.05) is 9.80 Å². The van der Waals surface area contributed by atoms with Gasteiger partial charge in [0.2, 0.25) is 0 Å². The van der Waals surface area contributed by atoms with E-state index in [2.05, 4.69) is 338 Å². The molecule has 6 nitrogen and oxygen atoms in total. The van der Waals surface area contributed by atoms with Gasteiger partial charge in [0.1, 0.15) is 5.82 Å². The minimum absolute atomic E-state index is 0. The number of rotatable bonds is 10. The molecular formula is C83H58N5OPt-3. The Hall–Kier alpha value is -10.5. The van der Waals surface area contributed by atoms with E-state index in [4.69, 9.17) is 9.72 Å². The molecule has 3 aromatic heterocycles. The number of benzene rings is 12. The van der Waals surface area contributed by atoms with Crippen LogP contribution in [0.4, 0.5) is 22.7 Å². The Bertz CT molecular complexity index is 5120. The number of aromatic nitrogens is 3. The van der Waals surface area contributed by atoms with E-state index >= 15 is 0 Å². The maximum Gasteiger partial charge on any atom is 0.135 e. The summed E-state index contributed by atoms with van der Waals surface area (Å²) >= 11 is 0. The molecule has 2 aliphatic rings. The molecule has 12 aromatic carbocycles. The summed E-state index contributed by atoms with van der Waals surface area (Å²) in [5, 5.41) is 4.49. The molecule has 17 rings (SSSR count). The molecule has 0 fully saturated rings. The third kappa shape index (κ3) is 8.61. The monoisotopic (exact) mass is 1340 g/mol. The van der Waals surface area contributed by atoms with Crippen LogP contribution in [-0.2, 0) is 31.9 Å². The summed E-state index contributed by atoms with van der Waals surface area (Å²) in [7, 11) is 0. The van der Waals surface area contributed by atoms with Gasteiger partial charge in [-0.3, -0.25) is 0 Å². The number of hydrogen-bond acceptors (Lipinski definition) is 4.